The fraction of sp³-hybridized carbons (Fsp3) is 0.333. The summed E-state index contributed by atoms with van der Waals surface area (Å²) in [5, 5.41) is 0. The highest BCUT2D eigenvalue weighted by atomic mass is 79.9. The SMILES string of the molecule is NC(Cc1ccc(Br)cc1F)C1(c2ccccc2)CCC1. The van der Waals surface area contributed by atoms with Gasteiger partial charge in [-0.1, -0.05) is 58.7 Å². The average molecular weight is 348 g/mol. The number of benzene rings is 2. The van der Waals surface area contributed by atoms with Gasteiger partial charge in [0.05, 0.1) is 0 Å². The van der Waals surface area contributed by atoms with Crippen molar-refractivity contribution in [1.29, 1.82) is 0 Å². The summed E-state index contributed by atoms with van der Waals surface area (Å²) in [6.45, 7) is 0. The molecule has 2 aromatic rings. The summed E-state index contributed by atoms with van der Waals surface area (Å²) in [6.07, 6.45) is 3.96. The first kappa shape index (κ1) is 14.7. The molecule has 1 atom stereocenters. The van der Waals surface area contributed by atoms with E-state index in [0.717, 1.165) is 17.3 Å². The van der Waals surface area contributed by atoms with E-state index in [1.54, 1.807) is 0 Å². The lowest BCUT2D eigenvalue weighted by molar-refractivity contribution is 0.193. The number of hydrogen-bond acceptors (Lipinski definition) is 1. The Balaban J connectivity index is 1.85. The maximum Gasteiger partial charge on any atom is 0.127 e. The number of halogens is 2. The van der Waals surface area contributed by atoms with Crippen LogP contribution in [0.3, 0.4) is 0 Å². The lowest BCUT2D eigenvalue weighted by Crippen LogP contribution is -2.51. The molecule has 1 saturated carbocycles. The molecular weight excluding hydrogens is 329 g/mol. The van der Waals surface area contributed by atoms with Crippen LogP contribution >= 0.6 is 15.9 Å². The summed E-state index contributed by atoms with van der Waals surface area (Å²) >= 11 is 3.29. The maximum absolute atomic E-state index is 14.0. The molecule has 1 nitrogen and oxygen atoms in total. The molecule has 1 unspecified atom stereocenters. The predicted molar refractivity (Wildman–Crippen MR) is 87.8 cm³/mol. The van der Waals surface area contributed by atoms with Crippen molar-refractivity contribution in [3.05, 3.63) is 69.9 Å². The minimum Gasteiger partial charge on any atom is -0.327 e. The van der Waals surface area contributed by atoms with E-state index in [-0.39, 0.29) is 17.3 Å². The van der Waals surface area contributed by atoms with Crippen LogP contribution in [0.4, 0.5) is 4.39 Å². The summed E-state index contributed by atoms with van der Waals surface area (Å²) < 4.78 is 14.8. The van der Waals surface area contributed by atoms with Gasteiger partial charge in [-0.05, 0) is 42.5 Å². The lowest BCUT2D eigenvalue weighted by Gasteiger charge is -2.47. The molecule has 3 rings (SSSR count). The summed E-state index contributed by atoms with van der Waals surface area (Å²) in [5.74, 6) is -0.178. The van der Waals surface area contributed by atoms with Crippen LogP contribution in [0.25, 0.3) is 0 Å². The van der Waals surface area contributed by atoms with Gasteiger partial charge >= 0.3 is 0 Å². The van der Waals surface area contributed by atoms with Gasteiger partial charge in [0.2, 0.25) is 0 Å². The van der Waals surface area contributed by atoms with E-state index in [1.165, 1.54) is 18.1 Å². The molecule has 0 heterocycles. The number of rotatable bonds is 4. The van der Waals surface area contributed by atoms with Crippen molar-refractivity contribution >= 4 is 15.9 Å². The van der Waals surface area contributed by atoms with Crippen LogP contribution in [-0.4, -0.2) is 6.04 Å². The first-order valence-corrected chi connectivity index (χ1v) is 8.16. The van der Waals surface area contributed by atoms with Crippen LogP contribution in [0.1, 0.15) is 30.4 Å². The summed E-state index contributed by atoms with van der Waals surface area (Å²) in [4.78, 5) is 0. The number of hydrogen-bond donors (Lipinski definition) is 1. The molecule has 0 spiro atoms. The Hall–Kier alpha value is -1.19. The highest BCUT2D eigenvalue weighted by molar-refractivity contribution is 9.10. The molecule has 0 bridgehead atoms. The molecule has 0 saturated heterocycles. The zero-order valence-electron chi connectivity index (χ0n) is 11.9. The van der Waals surface area contributed by atoms with Crippen LogP contribution in [-0.2, 0) is 11.8 Å². The van der Waals surface area contributed by atoms with E-state index in [1.807, 2.05) is 18.2 Å². The molecule has 1 aliphatic carbocycles. The molecule has 0 amide bonds. The van der Waals surface area contributed by atoms with Crippen molar-refractivity contribution in [2.24, 2.45) is 5.73 Å². The van der Waals surface area contributed by atoms with Crippen molar-refractivity contribution in [2.75, 3.05) is 0 Å². The van der Waals surface area contributed by atoms with Crippen LogP contribution in [0.5, 0.6) is 0 Å². The smallest absolute Gasteiger partial charge is 0.127 e. The van der Waals surface area contributed by atoms with E-state index in [4.69, 9.17) is 5.73 Å². The minimum absolute atomic E-state index is 0.0147. The third-order valence-electron chi connectivity index (χ3n) is 4.76. The van der Waals surface area contributed by atoms with E-state index < -0.39 is 0 Å². The van der Waals surface area contributed by atoms with Crippen LogP contribution < -0.4 is 5.73 Å². The quantitative estimate of drug-likeness (QED) is 0.860. The predicted octanol–water partition coefficient (Wildman–Crippen LogP) is 4.58. The zero-order chi connectivity index (χ0) is 14.9. The van der Waals surface area contributed by atoms with Gasteiger partial charge in [-0.25, -0.2) is 4.39 Å². The van der Waals surface area contributed by atoms with E-state index in [9.17, 15) is 4.39 Å². The summed E-state index contributed by atoms with van der Waals surface area (Å²) in [6, 6.07) is 15.6. The Bertz CT molecular complexity index is 622. The van der Waals surface area contributed by atoms with Crippen molar-refractivity contribution in [3.63, 3.8) is 0 Å². The van der Waals surface area contributed by atoms with Gasteiger partial charge in [-0.15, -0.1) is 0 Å². The molecule has 1 fully saturated rings. The zero-order valence-corrected chi connectivity index (χ0v) is 13.4. The van der Waals surface area contributed by atoms with Gasteiger partial charge in [-0.2, -0.15) is 0 Å². The first-order valence-electron chi connectivity index (χ1n) is 7.37. The average Bonchev–Trinajstić information content (AvgIpc) is 2.42. The Morgan fingerprint density at radius 2 is 1.86 bits per heavy atom. The van der Waals surface area contributed by atoms with Gasteiger partial charge in [0.1, 0.15) is 5.82 Å². The Morgan fingerprint density at radius 1 is 1.14 bits per heavy atom. The fourth-order valence-corrected chi connectivity index (χ4v) is 3.65. The van der Waals surface area contributed by atoms with Gasteiger partial charge in [0.15, 0.2) is 0 Å². The fourth-order valence-electron chi connectivity index (χ4n) is 3.32. The van der Waals surface area contributed by atoms with E-state index in [0.29, 0.717) is 12.0 Å². The van der Waals surface area contributed by atoms with Crippen LogP contribution in [0.2, 0.25) is 0 Å². The molecule has 21 heavy (non-hydrogen) atoms. The highest BCUT2D eigenvalue weighted by Crippen LogP contribution is 2.46. The van der Waals surface area contributed by atoms with Gasteiger partial charge in [0.25, 0.3) is 0 Å². The standard InChI is InChI=1S/C18H19BrFN/c19-15-8-7-13(16(20)12-15)11-17(21)18(9-4-10-18)14-5-2-1-3-6-14/h1-3,5-8,12,17H,4,9-11,21H2. The van der Waals surface area contributed by atoms with Gasteiger partial charge < -0.3 is 5.73 Å². The van der Waals surface area contributed by atoms with E-state index in [2.05, 4.69) is 40.2 Å². The maximum atomic E-state index is 14.0. The summed E-state index contributed by atoms with van der Waals surface area (Å²) in [5.41, 5.74) is 8.52. The normalized spacial score (nSPS) is 18.0. The Morgan fingerprint density at radius 3 is 2.43 bits per heavy atom. The van der Waals surface area contributed by atoms with E-state index >= 15 is 0 Å². The second-order valence-electron chi connectivity index (χ2n) is 5.92. The second kappa shape index (κ2) is 5.90. The van der Waals surface area contributed by atoms with Crippen molar-refractivity contribution in [1.82, 2.24) is 0 Å². The third-order valence-corrected chi connectivity index (χ3v) is 5.25. The lowest BCUT2D eigenvalue weighted by atomic mass is 9.59. The molecule has 0 aliphatic heterocycles. The topological polar surface area (TPSA) is 26.0 Å². The Kier molecular flexibility index (Phi) is 4.14. The molecule has 110 valence electrons. The van der Waals surface area contributed by atoms with Crippen molar-refractivity contribution in [2.45, 2.75) is 37.1 Å². The molecule has 2 aromatic carbocycles. The molecule has 2 N–H and O–H groups in total. The second-order valence-corrected chi connectivity index (χ2v) is 6.84. The molecule has 3 heteroatoms. The minimum atomic E-state index is -0.178. The van der Waals surface area contributed by atoms with Gasteiger partial charge in [0, 0.05) is 15.9 Å². The van der Waals surface area contributed by atoms with Crippen LogP contribution in [0.15, 0.2) is 53.0 Å². The summed E-state index contributed by atoms with van der Waals surface area (Å²) in [7, 11) is 0. The van der Waals surface area contributed by atoms with Crippen molar-refractivity contribution in [3.8, 4) is 0 Å². The third kappa shape index (κ3) is 2.77. The number of nitrogens with two attached hydrogens (primary N) is 1. The molecular formula is C18H19BrFN. The van der Waals surface area contributed by atoms with Crippen molar-refractivity contribution < 1.29 is 4.39 Å². The highest BCUT2D eigenvalue weighted by Gasteiger charge is 2.43. The Labute approximate surface area is 133 Å². The largest absolute Gasteiger partial charge is 0.327 e. The first-order chi connectivity index (χ1) is 10.1. The monoisotopic (exact) mass is 347 g/mol. The molecule has 0 radical (unpaired) electrons. The molecule has 0 aromatic heterocycles. The van der Waals surface area contributed by atoms with Crippen LogP contribution in [0, 0.1) is 5.82 Å². The molecule has 1 aliphatic rings. The van der Waals surface area contributed by atoms with Gasteiger partial charge in [-0.3, -0.25) is 0 Å².